The van der Waals surface area contributed by atoms with Crippen molar-refractivity contribution in [1.29, 1.82) is 0 Å². The number of hydrogen-bond donors (Lipinski definition) is 0. The van der Waals surface area contributed by atoms with Gasteiger partial charge >= 0.3 is 0 Å². The van der Waals surface area contributed by atoms with Crippen LogP contribution in [0.4, 0.5) is 0 Å². The first kappa shape index (κ1) is 20.3. The van der Waals surface area contributed by atoms with Crippen LogP contribution in [0.3, 0.4) is 0 Å². The van der Waals surface area contributed by atoms with E-state index in [1.54, 1.807) is 7.11 Å². The molecule has 1 amide bonds. The minimum absolute atomic E-state index is 0.0622. The maximum atomic E-state index is 13.3. The van der Waals surface area contributed by atoms with E-state index in [4.69, 9.17) is 18.7 Å². The fourth-order valence-electron chi connectivity index (χ4n) is 3.75. The summed E-state index contributed by atoms with van der Waals surface area (Å²) in [5.74, 6) is 0.577. The SMILES string of the molecule is COCc1c(C(=O)N(CCCN2CCOCC2)C2CCOCC2)noc1C. The lowest BCUT2D eigenvalue weighted by atomic mass is 10.0. The van der Waals surface area contributed by atoms with Crippen LogP contribution in [-0.4, -0.2) is 86.6 Å². The second-order valence-electron chi connectivity index (χ2n) is 7.15. The maximum Gasteiger partial charge on any atom is 0.276 e. The molecule has 0 radical (unpaired) electrons. The van der Waals surface area contributed by atoms with Gasteiger partial charge in [-0.15, -0.1) is 0 Å². The smallest absolute Gasteiger partial charge is 0.276 e. The third-order valence-corrected chi connectivity index (χ3v) is 5.35. The van der Waals surface area contributed by atoms with Crippen LogP contribution in [0.25, 0.3) is 0 Å². The largest absolute Gasteiger partial charge is 0.381 e. The molecule has 3 rings (SSSR count). The predicted molar refractivity (Wildman–Crippen MR) is 98.7 cm³/mol. The van der Waals surface area contributed by atoms with Crippen molar-refractivity contribution in [3.63, 3.8) is 0 Å². The van der Waals surface area contributed by atoms with Gasteiger partial charge in [0.2, 0.25) is 0 Å². The summed E-state index contributed by atoms with van der Waals surface area (Å²) < 4.78 is 21.4. The maximum absolute atomic E-state index is 13.3. The lowest BCUT2D eigenvalue weighted by molar-refractivity contribution is 0.0217. The number of methoxy groups -OCH3 is 1. The van der Waals surface area contributed by atoms with E-state index in [0.29, 0.717) is 37.8 Å². The first-order valence-electron chi connectivity index (χ1n) is 9.83. The van der Waals surface area contributed by atoms with Gasteiger partial charge in [-0.3, -0.25) is 9.69 Å². The summed E-state index contributed by atoms with van der Waals surface area (Å²) in [4.78, 5) is 17.7. The number of carbonyl (C=O) groups excluding carboxylic acids is 1. The average molecular weight is 381 g/mol. The Balaban J connectivity index is 1.67. The molecule has 0 atom stereocenters. The van der Waals surface area contributed by atoms with Gasteiger partial charge in [-0.1, -0.05) is 5.16 Å². The molecule has 2 fully saturated rings. The minimum Gasteiger partial charge on any atom is -0.381 e. The van der Waals surface area contributed by atoms with E-state index >= 15 is 0 Å². The molecule has 0 unspecified atom stereocenters. The molecule has 0 bridgehead atoms. The average Bonchev–Trinajstić information content (AvgIpc) is 3.07. The van der Waals surface area contributed by atoms with E-state index in [1.807, 2.05) is 11.8 Å². The lowest BCUT2D eigenvalue weighted by Gasteiger charge is -2.35. The number of rotatable bonds is 8. The zero-order valence-electron chi connectivity index (χ0n) is 16.4. The van der Waals surface area contributed by atoms with E-state index in [-0.39, 0.29) is 11.9 Å². The van der Waals surface area contributed by atoms with Gasteiger partial charge in [0.25, 0.3) is 5.91 Å². The third kappa shape index (κ3) is 5.28. The number of amides is 1. The highest BCUT2D eigenvalue weighted by molar-refractivity contribution is 5.94. The Morgan fingerprint density at radius 1 is 1.22 bits per heavy atom. The van der Waals surface area contributed by atoms with Crippen molar-refractivity contribution < 1.29 is 23.5 Å². The number of aromatic nitrogens is 1. The van der Waals surface area contributed by atoms with Gasteiger partial charge in [-0.2, -0.15) is 0 Å². The lowest BCUT2D eigenvalue weighted by Crippen LogP contribution is -2.45. The molecular formula is C19H31N3O5. The van der Waals surface area contributed by atoms with Crippen LogP contribution in [0.15, 0.2) is 4.52 Å². The monoisotopic (exact) mass is 381 g/mol. The molecule has 0 aromatic carbocycles. The first-order chi connectivity index (χ1) is 13.2. The van der Waals surface area contributed by atoms with Crippen molar-refractivity contribution in [1.82, 2.24) is 15.0 Å². The summed E-state index contributed by atoms with van der Waals surface area (Å²) in [5, 5.41) is 4.04. The Morgan fingerprint density at radius 3 is 2.63 bits per heavy atom. The van der Waals surface area contributed by atoms with Crippen LogP contribution in [0.5, 0.6) is 0 Å². The number of carbonyl (C=O) groups is 1. The van der Waals surface area contributed by atoms with Crippen LogP contribution in [0, 0.1) is 6.92 Å². The quantitative estimate of drug-likeness (QED) is 0.675. The second kappa shape index (κ2) is 10.2. The fraction of sp³-hybridized carbons (Fsp3) is 0.789. The molecule has 152 valence electrons. The van der Waals surface area contributed by atoms with Gasteiger partial charge in [-0.05, 0) is 26.2 Å². The molecule has 2 aliphatic heterocycles. The molecule has 3 heterocycles. The number of morpholine rings is 1. The molecule has 1 aromatic rings. The van der Waals surface area contributed by atoms with Crippen molar-refractivity contribution >= 4 is 5.91 Å². The Hall–Kier alpha value is -1.48. The van der Waals surface area contributed by atoms with Crippen LogP contribution in [0.1, 0.15) is 41.1 Å². The summed E-state index contributed by atoms with van der Waals surface area (Å²) >= 11 is 0. The van der Waals surface area contributed by atoms with Gasteiger partial charge in [0.05, 0.1) is 25.4 Å². The summed E-state index contributed by atoms with van der Waals surface area (Å²) in [7, 11) is 1.61. The zero-order valence-corrected chi connectivity index (χ0v) is 16.4. The van der Waals surface area contributed by atoms with Crippen molar-refractivity contribution in [3.05, 3.63) is 17.0 Å². The number of aryl methyl sites for hydroxylation is 1. The molecule has 0 saturated carbocycles. The number of ether oxygens (including phenoxy) is 3. The summed E-state index contributed by atoms with van der Waals surface area (Å²) in [5.41, 5.74) is 1.12. The van der Waals surface area contributed by atoms with Crippen LogP contribution in [0.2, 0.25) is 0 Å². The van der Waals surface area contributed by atoms with Crippen LogP contribution < -0.4 is 0 Å². The Bertz CT molecular complexity index is 594. The molecule has 0 N–H and O–H groups in total. The van der Waals surface area contributed by atoms with Gasteiger partial charge in [-0.25, -0.2) is 0 Å². The molecule has 8 nitrogen and oxygen atoms in total. The summed E-state index contributed by atoms with van der Waals surface area (Å²) in [6, 6.07) is 0.184. The van der Waals surface area contributed by atoms with E-state index < -0.39 is 0 Å². The van der Waals surface area contributed by atoms with E-state index in [2.05, 4.69) is 10.1 Å². The molecule has 2 aliphatic rings. The fourth-order valence-corrected chi connectivity index (χ4v) is 3.75. The molecule has 1 aromatic heterocycles. The summed E-state index contributed by atoms with van der Waals surface area (Å²) in [6.07, 6.45) is 2.65. The minimum atomic E-state index is -0.0622. The molecular weight excluding hydrogens is 350 g/mol. The normalized spacial score (nSPS) is 19.3. The van der Waals surface area contributed by atoms with Crippen molar-refractivity contribution in [2.45, 2.75) is 38.8 Å². The highest BCUT2D eigenvalue weighted by Gasteiger charge is 2.30. The van der Waals surface area contributed by atoms with E-state index in [0.717, 1.165) is 57.7 Å². The van der Waals surface area contributed by atoms with Gasteiger partial charge in [0.15, 0.2) is 5.69 Å². The Morgan fingerprint density at radius 2 is 1.93 bits per heavy atom. The van der Waals surface area contributed by atoms with Crippen LogP contribution >= 0.6 is 0 Å². The Kier molecular flexibility index (Phi) is 7.63. The Labute approximate surface area is 160 Å². The van der Waals surface area contributed by atoms with E-state index in [1.165, 1.54) is 0 Å². The van der Waals surface area contributed by atoms with Crippen molar-refractivity contribution in [2.24, 2.45) is 0 Å². The molecule has 0 spiro atoms. The predicted octanol–water partition coefficient (Wildman–Crippen LogP) is 1.47. The van der Waals surface area contributed by atoms with E-state index in [9.17, 15) is 4.79 Å². The third-order valence-electron chi connectivity index (χ3n) is 5.35. The standard InChI is InChI=1S/C19H31N3O5/c1-15-17(14-24-2)18(20-27-15)19(23)22(16-4-10-25-11-5-16)7-3-6-21-8-12-26-13-9-21/h16H,3-14H2,1-2H3. The summed E-state index contributed by atoms with van der Waals surface area (Å²) in [6.45, 7) is 8.72. The zero-order chi connectivity index (χ0) is 19.1. The van der Waals surface area contributed by atoms with Gasteiger partial charge < -0.3 is 23.6 Å². The number of hydrogen-bond acceptors (Lipinski definition) is 7. The number of nitrogens with zero attached hydrogens (tertiary/aromatic N) is 3. The van der Waals surface area contributed by atoms with Crippen LogP contribution in [-0.2, 0) is 20.8 Å². The first-order valence-corrected chi connectivity index (χ1v) is 9.83. The molecule has 8 heteroatoms. The molecule has 0 aliphatic carbocycles. The topological polar surface area (TPSA) is 77.3 Å². The van der Waals surface area contributed by atoms with Gasteiger partial charge in [0.1, 0.15) is 5.76 Å². The molecule has 27 heavy (non-hydrogen) atoms. The van der Waals surface area contributed by atoms with Gasteiger partial charge in [0, 0.05) is 52.5 Å². The van der Waals surface area contributed by atoms with Crippen molar-refractivity contribution in [3.8, 4) is 0 Å². The second-order valence-corrected chi connectivity index (χ2v) is 7.15. The highest BCUT2D eigenvalue weighted by atomic mass is 16.5. The molecule has 2 saturated heterocycles. The highest BCUT2D eigenvalue weighted by Crippen LogP contribution is 2.21. The van der Waals surface area contributed by atoms with Crippen molar-refractivity contribution in [2.75, 3.05) is 59.7 Å².